The average molecular weight is 192 g/mol. The van der Waals surface area contributed by atoms with Crippen LogP contribution in [0.3, 0.4) is 0 Å². The first-order valence-electron chi connectivity index (χ1n) is 4.84. The van der Waals surface area contributed by atoms with E-state index in [1.54, 1.807) is 0 Å². The van der Waals surface area contributed by atoms with Gasteiger partial charge in [-0.25, -0.2) is 0 Å². The van der Waals surface area contributed by atoms with Crippen molar-refractivity contribution in [2.24, 2.45) is 0 Å². The summed E-state index contributed by atoms with van der Waals surface area (Å²) >= 11 is 0. The number of aromatic nitrogens is 1. The lowest BCUT2D eigenvalue weighted by molar-refractivity contribution is 0.279. The third-order valence-corrected chi connectivity index (χ3v) is 2.49. The van der Waals surface area contributed by atoms with Crippen LogP contribution < -0.4 is 0 Å². The maximum Gasteiger partial charge on any atom is 0.0670 e. The van der Waals surface area contributed by atoms with E-state index in [2.05, 4.69) is 16.7 Å². The highest BCUT2D eigenvalue weighted by atomic mass is 16.3. The Balaban J connectivity index is 2.88. The van der Waals surface area contributed by atoms with E-state index in [1.807, 2.05) is 13.8 Å². The zero-order valence-electron chi connectivity index (χ0n) is 8.75. The predicted molar refractivity (Wildman–Crippen MR) is 54.9 cm³/mol. The molecule has 14 heavy (non-hydrogen) atoms. The number of hydrogen-bond donors (Lipinski definition) is 1. The standard InChI is InChI=1S/C11H16N2O/c1-9-8-11(4-5-12)10(2)13(9)6-3-7-14/h8,14H,3-4,6-7H2,1-2H3. The van der Waals surface area contributed by atoms with Gasteiger partial charge < -0.3 is 9.67 Å². The number of aliphatic hydroxyl groups is 1. The molecule has 0 aromatic carbocycles. The van der Waals surface area contributed by atoms with Crippen LogP contribution in [-0.2, 0) is 13.0 Å². The summed E-state index contributed by atoms with van der Waals surface area (Å²) in [6, 6.07) is 4.21. The minimum Gasteiger partial charge on any atom is -0.396 e. The third-order valence-electron chi connectivity index (χ3n) is 2.49. The highest BCUT2D eigenvalue weighted by molar-refractivity contribution is 5.28. The van der Waals surface area contributed by atoms with Crippen molar-refractivity contribution in [2.75, 3.05) is 6.61 Å². The van der Waals surface area contributed by atoms with Crippen LogP contribution in [0.4, 0.5) is 0 Å². The van der Waals surface area contributed by atoms with Crippen LogP contribution in [0.1, 0.15) is 23.4 Å². The van der Waals surface area contributed by atoms with Crippen molar-refractivity contribution < 1.29 is 5.11 Å². The van der Waals surface area contributed by atoms with Crippen LogP contribution in [0.15, 0.2) is 6.07 Å². The normalized spacial score (nSPS) is 10.1. The van der Waals surface area contributed by atoms with Crippen LogP contribution in [0.2, 0.25) is 0 Å². The molecule has 0 atom stereocenters. The predicted octanol–water partition coefficient (Wildman–Crippen LogP) is 1.55. The summed E-state index contributed by atoms with van der Waals surface area (Å²) in [6.07, 6.45) is 1.24. The quantitative estimate of drug-likeness (QED) is 0.786. The molecule has 0 aliphatic rings. The van der Waals surface area contributed by atoms with E-state index in [1.165, 1.54) is 5.69 Å². The summed E-state index contributed by atoms with van der Waals surface area (Å²) < 4.78 is 2.16. The highest BCUT2D eigenvalue weighted by Gasteiger charge is 2.07. The molecular formula is C11H16N2O. The molecule has 1 aromatic heterocycles. The van der Waals surface area contributed by atoms with E-state index in [0.717, 1.165) is 24.2 Å². The van der Waals surface area contributed by atoms with Crippen LogP contribution in [0, 0.1) is 25.2 Å². The maximum atomic E-state index is 8.75. The second-order valence-electron chi connectivity index (χ2n) is 3.46. The van der Waals surface area contributed by atoms with E-state index in [9.17, 15) is 0 Å². The molecule has 0 amide bonds. The molecule has 1 aromatic rings. The molecule has 0 unspecified atom stereocenters. The summed E-state index contributed by atoms with van der Waals surface area (Å²) in [5, 5.41) is 17.4. The van der Waals surface area contributed by atoms with Crippen LogP contribution >= 0.6 is 0 Å². The van der Waals surface area contributed by atoms with Gasteiger partial charge in [0.15, 0.2) is 0 Å². The number of aryl methyl sites for hydroxylation is 1. The molecule has 1 heterocycles. The van der Waals surface area contributed by atoms with Crippen molar-refractivity contribution in [1.29, 1.82) is 5.26 Å². The Morgan fingerprint density at radius 3 is 2.79 bits per heavy atom. The van der Waals surface area contributed by atoms with E-state index < -0.39 is 0 Å². The van der Waals surface area contributed by atoms with Crippen molar-refractivity contribution >= 4 is 0 Å². The van der Waals surface area contributed by atoms with Gasteiger partial charge in [0.2, 0.25) is 0 Å². The Hall–Kier alpha value is -1.27. The molecule has 3 nitrogen and oxygen atoms in total. The lowest BCUT2D eigenvalue weighted by atomic mass is 10.2. The maximum absolute atomic E-state index is 8.75. The number of nitrogens with zero attached hydrogens (tertiary/aromatic N) is 2. The minimum atomic E-state index is 0.213. The molecule has 0 aliphatic carbocycles. The topological polar surface area (TPSA) is 49.0 Å². The zero-order chi connectivity index (χ0) is 10.6. The summed E-state index contributed by atoms with van der Waals surface area (Å²) in [5.74, 6) is 0. The minimum absolute atomic E-state index is 0.213. The number of aliphatic hydroxyl groups excluding tert-OH is 1. The fourth-order valence-electron chi connectivity index (χ4n) is 1.71. The van der Waals surface area contributed by atoms with Gasteiger partial charge in [0, 0.05) is 24.5 Å². The molecule has 0 saturated carbocycles. The molecule has 3 heteroatoms. The zero-order valence-corrected chi connectivity index (χ0v) is 8.75. The van der Waals surface area contributed by atoms with Gasteiger partial charge in [0.1, 0.15) is 0 Å². The Morgan fingerprint density at radius 1 is 1.50 bits per heavy atom. The van der Waals surface area contributed by atoms with Gasteiger partial charge in [-0.3, -0.25) is 0 Å². The van der Waals surface area contributed by atoms with Crippen LogP contribution in [-0.4, -0.2) is 16.3 Å². The fourth-order valence-corrected chi connectivity index (χ4v) is 1.71. The lowest BCUT2D eigenvalue weighted by Gasteiger charge is -2.07. The van der Waals surface area contributed by atoms with Gasteiger partial charge in [-0.15, -0.1) is 0 Å². The van der Waals surface area contributed by atoms with Gasteiger partial charge in [0.25, 0.3) is 0 Å². The van der Waals surface area contributed by atoms with Gasteiger partial charge in [-0.1, -0.05) is 0 Å². The largest absolute Gasteiger partial charge is 0.396 e. The molecule has 1 rings (SSSR count). The molecule has 0 aliphatic heterocycles. The first kappa shape index (κ1) is 10.8. The molecule has 0 spiro atoms. The van der Waals surface area contributed by atoms with E-state index in [0.29, 0.717) is 6.42 Å². The van der Waals surface area contributed by atoms with E-state index in [-0.39, 0.29) is 6.61 Å². The van der Waals surface area contributed by atoms with Gasteiger partial charge in [-0.05, 0) is 31.9 Å². The van der Waals surface area contributed by atoms with E-state index >= 15 is 0 Å². The summed E-state index contributed by atoms with van der Waals surface area (Å²) in [4.78, 5) is 0. The van der Waals surface area contributed by atoms with Crippen molar-refractivity contribution in [1.82, 2.24) is 4.57 Å². The van der Waals surface area contributed by atoms with Crippen molar-refractivity contribution in [3.05, 3.63) is 23.0 Å². The second-order valence-corrected chi connectivity index (χ2v) is 3.46. The molecule has 0 radical (unpaired) electrons. The Kier molecular flexibility index (Phi) is 3.73. The molecule has 76 valence electrons. The molecular weight excluding hydrogens is 176 g/mol. The Labute approximate surface area is 84.6 Å². The van der Waals surface area contributed by atoms with Crippen molar-refractivity contribution in [3.63, 3.8) is 0 Å². The van der Waals surface area contributed by atoms with Crippen LogP contribution in [0.25, 0.3) is 0 Å². The fraction of sp³-hybridized carbons (Fsp3) is 0.545. The molecule has 0 saturated heterocycles. The monoisotopic (exact) mass is 192 g/mol. The smallest absolute Gasteiger partial charge is 0.0670 e. The SMILES string of the molecule is Cc1cc(CC#N)c(C)n1CCCO. The van der Waals surface area contributed by atoms with Gasteiger partial charge >= 0.3 is 0 Å². The second kappa shape index (κ2) is 4.83. The van der Waals surface area contributed by atoms with Gasteiger partial charge in [0.05, 0.1) is 12.5 Å². The Morgan fingerprint density at radius 2 is 2.21 bits per heavy atom. The van der Waals surface area contributed by atoms with Crippen LogP contribution in [0.5, 0.6) is 0 Å². The molecule has 1 N–H and O–H groups in total. The van der Waals surface area contributed by atoms with Crippen molar-refractivity contribution in [3.8, 4) is 6.07 Å². The average Bonchev–Trinajstić information content (AvgIpc) is 2.41. The number of hydrogen-bond acceptors (Lipinski definition) is 2. The highest BCUT2D eigenvalue weighted by Crippen LogP contribution is 2.15. The number of nitriles is 1. The summed E-state index contributed by atoms with van der Waals surface area (Å²) in [7, 11) is 0. The number of rotatable bonds is 4. The first-order chi connectivity index (χ1) is 6.70. The molecule has 0 fully saturated rings. The van der Waals surface area contributed by atoms with Crippen molar-refractivity contribution in [2.45, 2.75) is 33.2 Å². The van der Waals surface area contributed by atoms with E-state index in [4.69, 9.17) is 10.4 Å². The first-order valence-corrected chi connectivity index (χ1v) is 4.84. The van der Waals surface area contributed by atoms with Gasteiger partial charge in [-0.2, -0.15) is 5.26 Å². The summed E-state index contributed by atoms with van der Waals surface area (Å²) in [5.41, 5.74) is 3.42. The lowest BCUT2D eigenvalue weighted by Crippen LogP contribution is -2.04. The molecule has 0 bridgehead atoms. The third kappa shape index (κ3) is 2.15. The Bertz CT molecular complexity index is 347. The summed E-state index contributed by atoms with van der Waals surface area (Å²) in [6.45, 7) is 5.10.